The molecule has 1 fully saturated rings. The Kier molecular flexibility index (Phi) is 3.81. The maximum absolute atomic E-state index is 3.52. The molecule has 0 unspecified atom stereocenters. The third kappa shape index (κ3) is 3.32. The number of hydrogen-bond donors (Lipinski definition) is 0. The Morgan fingerprint density at radius 3 is 3.07 bits per heavy atom. The molecule has 1 aliphatic rings. The molecule has 15 heavy (non-hydrogen) atoms. The van der Waals surface area contributed by atoms with E-state index >= 15 is 0 Å². The molecule has 1 saturated heterocycles. The minimum atomic E-state index is 0.867. The van der Waals surface area contributed by atoms with E-state index in [2.05, 4.69) is 52.0 Å². The zero-order chi connectivity index (χ0) is 10.7. The fraction of sp³-hybridized carbons (Fsp3) is 0.538. The standard InChI is InChI=1S/C13H18BrN/c1-11-4-3-7-15(9-11)10-12-5-2-6-13(14)8-12/h2,5-6,8,11H,3-4,7,9-10H2,1H3/t11-/m0/s1. The second-order valence-electron chi connectivity index (χ2n) is 4.61. The Bertz CT molecular complexity index is 324. The first-order valence-corrected chi connectivity index (χ1v) is 6.50. The number of likely N-dealkylation sites (tertiary alicyclic amines) is 1. The van der Waals surface area contributed by atoms with Crippen LogP contribution in [0.2, 0.25) is 0 Å². The lowest BCUT2D eigenvalue weighted by molar-refractivity contribution is 0.176. The van der Waals surface area contributed by atoms with Crippen LogP contribution in [0.4, 0.5) is 0 Å². The highest BCUT2D eigenvalue weighted by Gasteiger charge is 2.15. The van der Waals surface area contributed by atoms with Gasteiger partial charge in [0, 0.05) is 17.6 Å². The SMILES string of the molecule is C[C@H]1CCCN(Cc2cccc(Br)c2)C1. The van der Waals surface area contributed by atoms with Crippen molar-refractivity contribution < 1.29 is 0 Å². The molecule has 2 heteroatoms. The van der Waals surface area contributed by atoms with Gasteiger partial charge in [-0.2, -0.15) is 0 Å². The first-order valence-electron chi connectivity index (χ1n) is 5.71. The third-order valence-corrected chi connectivity index (χ3v) is 3.53. The van der Waals surface area contributed by atoms with Crippen molar-refractivity contribution in [2.24, 2.45) is 5.92 Å². The van der Waals surface area contributed by atoms with Crippen LogP contribution in [0.5, 0.6) is 0 Å². The zero-order valence-corrected chi connectivity index (χ0v) is 10.8. The minimum absolute atomic E-state index is 0.867. The van der Waals surface area contributed by atoms with Gasteiger partial charge in [-0.3, -0.25) is 4.90 Å². The third-order valence-electron chi connectivity index (χ3n) is 3.04. The second kappa shape index (κ2) is 5.13. The summed E-state index contributed by atoms with van der Waals surface area (Å²) in [5, 5.41) is 0. The fourth-order valence-electron chi connectivity index (χ4n) is 2.32. The summed E-state index contributed by atoms with van der Waals surface area (Å²) in [5.74, 6) is 0.867. The van der Waals surface area contributed by atoms with Crippen LogP contribution in [-0.4, -0.2) is 18.0 Å². The summed E-state index contributed by atoms with van der Waals surface area (Å²) in [6.45, 7) is 5.97. The van der Waals surface area contributed by atoms with Gasteiger partial charge in [0.2, 0.25) is 0 Å². The number of hydrogen-bond acceptors (Lipinski definition) is 1. The van der Waals surface area contributed by atoms with Crippen LogP contribution < -0.4 is 0 Å². The average Bonchev–Trinajstić information content (AvgIpc) is 2.17. The molecular weight excluding hydrogens is 250 g/mol. The zero-order valence-electron chi connectivity index (χ0n) is 9.25. The molecule has 1 aromatic carbocycles. The topological polar surface area (TPSA) is 3.24 Å². The van der Waals surface area contributed by atoms with Crippen LogP contribution in [0.25, 0.3) is 0 Å². The highest BCUT2D eigenvalue weighted by atomic mass is 79.9. The highest BCUT2D eigenvalue weighted by Crippen LogP contribution is 2.19. The van der Waals surface area contributed by atoms with Gasteiger partial charge in [0.1, 0.15) is 0 Å². The van der Waals surface area contributed by atoms with Gasteiger partial charge in [-0.1, -0.05) is 35.0 Å². The Morgan fingerprint density at radius 2 is 2.33 bits per heavy atom. The molecule has 1 nitrogen and oxygen atoms in total. The maximum Gasteiger partial charge on any atom is 0.0234 e. The van der Waals surface area contributed by atoms with Crippen LogP contribution >= 0.6 is 15.9 Å². The van der Waals surface area contributed by atoms with Crippen molar-refractivity contribution in [3.63, 3.8) is 0 Å². The molecule has 1 atom stereocenters. The highest BCUT2D eigenvalue weighted by molar-refractivity contribution is 9.10. The van der Waals surface area contributed by atoms with Gasteiger partial charge in [0.15, 0.2) is 0 Å². The Labute approximate surface area is 101 Å². The van der Waals surface area contributed by atoms with E-state index in [9.17, 15) is 0 Å². The molecule has 2 rings (SSSR count). The first kappa shape index (κ1) is 11.2. The summed E-state index contributed by atoms with van der Waals surface area (Å²) in [6.07, 6.45) is 2.75. The van der Waals surface area contributed by atoms with Gasteiger partial charge in [-0.15, -0.1) is 0 Å². The molecule has 0 saturated carbocycles. The molecule has 0 radical (unpaired) electrons. The van der Waals surface area contributed by atoms with Crippen molar-refractivity contribution in [3.8, 4) is 0 Å². The largest absolute Gasteiger partial charge is 0.299 e. The molecule has 1 aromatic rings. The lowest BCUT2D eigenvalue weighted by Crippen LogP contribution is -2.33. The summed E-state index contributed by atoms with van der Waals surface area (Å²) in [7, 11) is 0. The number of piperidine rings is 1. The quantitative estimate of drug-likeness (QED) is 0.790. The summed E-state index contributed by atoms with van der Waals surface area (Å²) in [5.41, 5.74) is 1.42. The molecule has 1 aliphatic heterocycles. The Balaban J connectivity index is 1.96. The van der Waals surface area contributed by atoms with Crippen molar-refractivity contribution >= 4 is 15.9 Å². The van der Waals surface area contributed by atoms with Gasteiger partial charge in [0.05, 0.1) is 0 Å². The molecule has 0 bridgehead atoms. The van der Waals surface area contributed by atoms with Crippen molar-refractivity contribution in [2.75, 3.05) is 13.1 Å². The van der Waals surface area contributed by atoms with E-state index in [1.807, 2.05) is 0 Å². The van der Waals surface area contributed by atoms with Gasteiger partial charge < -0.3 is 0 Å². The van der Waals surface area contributed by atoms with E-state index in [1.54, 1.807) is 0 Å². The fourth-order valence-corrected chi connectivity index (χ4v) is 2.77. The van der Waals surface area contributed by atoms with Gasteiger partial charge in [0.25, 0.3) is 0 Å². The Hall–Kier alpha value is -0.340. The maximum atomic E-state index is 3.52. The van der Waals surface area contributed by atoms with Crippen LogP contribution in [0.15, 0.2) is 28.7 Å². The summed E-state index contributed by atoms with van der Waals surface area (Å²) >= 11 is 3.52. The van der Waals surface area contributed by atoms with Gasteiger partial charge in [-0.05, 0) is 43.0 Å². The monoisotopic (exact) mass is 267 g/mol. The van der Waals surface area contributed by atoms with Gasteiger partial charge >= 0.3 is 0 Å². The predicted octanol–water partition coefficient (Wildman–Crippen LogP) is 3.68. The number of benzene rings is 1. The second-order valence-corrected chi connectivity index (χ2v) is 5.53. The minimum Gasteiger partial charge on any atom is -0.299 e. The Morgan fingerprint density at radius 1 is 1.47 bits per heavy atom. The van der Waals surface area contributed by atoms with E-state index in [4.69, 9.17) is 0 Å². The lowest BCUT2D eigenvalue weighted by Gasteiger charge is -2.30. The van der Waals surface area contributed by atoms with Crippen molar-refractivity contribution in [2.45, 2.75) is 26.3 Å². The summed E-state index contributed by atoms with van der Waals surface area (Å²) in [4.78, 5) is 2.57. The predicted molar refractivity (Wildman–Crippen MR) is 67.8 cm³/mol. The normalized spacial score (nSPS) is 22.9. The molecule has 0 aromatic heterocycles. The molecule has 0 aliphatic carbocycles. The van der Waals surface area contributed by atoms with Crippen LogP contribution in [0.1, 0.15) is 25.3 Å². The molecule has 82 valence electrons. The molecule has 0 amide bonds. The number of rotatable bonds is 2. The van der Waals surface area contributed by atoms with E-state index < -0.39 is 0 Å². The van der Waals surface area contributed by atoms with Crippen molar-refractivity contribution in [1.82, 2.24) is 4.90 Å². The van der Waals surface area contributed by atoms with Crippen molar-refractivity contribution in [1.29, 1.82) is 0 Å². The molecule has 0 N–H and O–H groups in total. The van der Waals surface area contributed by atoms with E-state index in [1.165, 1.54) is 36.0 Å². The lowest BCUT2D eigenvalue weighted by atomic mass is 10.00. The van der Waals surface area contributed by atoms with E-state index in [-0.39, 0.29) is 0 Å². The van der Waals surface area contributed by atoms with E-state index in [0.29, 0.717) is 0 Å². The van der Waals surface area contributed by atoms with Crippen LogP contribution in [0, 0.1) is 5.92 Å². The number of nitrogens with zero attached hydrogens (tertiary/aromatic N) is 1. The summed E-state index contributed by atoms with van der Waals surface area (Å²) in [6, 6.07) is 8.64. The summed E-state index contributed by atoms with van der Waals surface area (Å²) < 4.78 is 1.19. The molecule has 0 spiro atoms. The van der Waals surface area contributed by atoms with Crippen LogP contribution in [-0.2, 0) is 6.54 Å². The molecule has 1 heterocycles. The first-order chi connectivity index (χ1) is 7.24. The van der Waals surface area contributed by atoms with Gasteiger partial charge in [-0.25, -0.2) is 0 Å². The number of halogens is 1. The van der Waals surface area contributed by atoms with Crippen molar-refractivity contribution in [3.05, 3.63) is 34.3 Å². The smallest absolute Gasteiger partial charge is 0.0234 e. The van der Waals surface area contributed by atoms with Crippen LogP contribution in [0.3, 0.4) is 0 Å². The molecular formula is C13H18BrN. The average molecular weight is 268 g/mol. The van der Waals surface area contributed by atoms with E-state index in [0.717, 1.165) is 12.5 Å².